The number of hydrogen-bond acceptors (Lipinski definition) is 11. The third kappa shape index (κ3) is 8.91. The summed E-state index contributed by atoms with van der Waals surface area (Å²) < 4.78 is 5.06. The molecule has 2 heterocycles. The van der Waals surface area contributed by atoms with Crippen LogP contribution in [0.5, 0.6) is 40.2 Å². The van der Waals surface area contributed by atoms with Gasteiger partial charge in [-0.15, -0.1) is 0 Å². The standard InChI is InChI=1S/C20H21NO6.C19H19NO5/c1-27-18-8-12(2-5-16(18)23)6-7-21-19(25)10-14(20(21)26)9-13-3-4-15(22)11-17(13)24;21-15-4-1-12(2-5-15)7-8-20-18(24)10-14(19(20)25)9-13-3-6-16(22)11-17(13)23/h2-5,8,11,14,22-24H,6-7,9-10H2,1H3;1-6,11,14,21-23H,7-10H2. The molecule has 2 aliphatic heterocycles. The van der Waals surface area contributed by atoms with Crippen molar-refractivity contribution in [1.29, 1.82) is 0 Å². The summed E-state index contributed by atoms with van der Waals surface area (Å²) in [5.41, 5.74) is 2.82. The Hall–Kier alpha value is -6.24. The van der Waals surface area contributed by atoms with Gasteiger partial charge < -0.3 is 35.4 Å². The molecule has 13 heteroatoms. The van der Waals surface area contributed by atoms with Crippen LogP contribution in [0.25, 0.3) is 0 Å². The van der Waals surface area contributed by atoms with Gasteiger partial charge in [0.25, 0.3) is 0 Å². The third-order valence-corrected chi connectivity index (χ3v) is 9.17. The molecule has 6 rings (SSSR count). The van der Waals surface area contributed by atoms with Crippen LogP contribution in [0.2, 0.25) is 0 Å². The average Bonchev–Trinajstić information content (AvgIpc) is 3.53. The molecule has 0 aliphatic carbocycles. The van der Waals surface area contributed by atoms with Crippen LogP contribution < -0.4 is 4.74 Å². The van der Waals surface area contributed by atoms with Crippen molar-refractivity contribution in [2.45, 2.75) is 38.5 Å². The van der Waals surface area contributed by atoms with Crippen LogP contribution in [-0.4, -0.2) is 84.3 Å². The van der Waals surface area contributed by atoms with Crippen LogP contribution in [-0.2, 0) is 44.9 Å². The Bertz CT molecular complexity index is 1960. The van der Waals surface area contributed by atoms with Crippen molar-refractivity contribution in [2.75, 3.05) is 20.2 Å². The maximum atomic E-state index is 12.6. The van der Waals surface area contributed by atoms with Crippen LogP contribution in [0.15, 0.2) is 78.9 Å². The van der Waals surface area contributed by atoms with Crippen LogP contribution >= 0.6 is 0 Å². The number of phenolic OH excluding ortho intramolecular Hbond substituents is 6. The van der Waals surface area contributed by atoms with Gasteiger partial charge >= 0.3 is 0 Å². The van der Waals surface area contributed by atoms with Gasteiger partial charge in [-0.25, -0.2) is 0 Å². The summed E-state index contributed by atoms with van der Waals surface area (Å²) in [5, 5.41) is 57.3. The molecule has 2 fully saturated rings. The summed E-state index contributed by atoms with van der Waals surface area (Å²) in [4.78, 5) is 52.0. The number of phenols is 6. The first-order chi connectivity index (χ1) is 24.8. The monoisotopic (exact) mass is 712 g/mol. The van der Waals surface area contributed by atoms with Crippen molar-refractivity contribution in [3.8, 4) is 40.2 Å². The van der Waals surface area contributed by atoms with E-state index in [2.05, 4.69) is 0 Å². The first-order valence-electron chi connectivity index (χ1n) is 16.7. The van der Waals surface area contributed by atoms with Gasteiger partial charge in [-0.2, -0.15) is 0 Å². The molecule has 4 amide bonds. The highest BCUT2D eigenvalue weighted by molar-refractivity contribution is 6.04. The van der Waals surface area contributed by atoms with E-state index in [-0.39, 0.29) is 90.4 Å². The van der Waals surface area contributed by atoms with Crippen molar-refractivity contribution in [3.63, 3.8) is 0 Å². The van der Waals surface area contributed by atoms with E-state index in [0.717, 1.165) is 11.1 Å². The van der Waals surface area contributed by atoms with E-state index in [1.165, 1.54) is 47.2 Å². The lowest BCUT2D eigenvalue weighted by Gasteiger charge is -2.16. The molecule has 0 saturated carbocycles. The zero-order valence-electron chi connectivity index (χ0n) is 28.4. The quantitative estimate of drug-likeness (QED) is 0.123. The van der Waals surface area contributed by atoms with Gasteiger partial charge in [0.15, 0.2) is 11.5 Å². The van der Waals surface area contributed by atoms with E-state index in [1.807, 2.05) is 0 Å². The molecule has 2 saturated heterocycles. The Kier molecular flexibility index (Phi) is 11.5. The molecule has 272 valence electrons. The largest absolute Gasteiger partial charge is 0.508 e. The second-order valence-corrected chi connectivity index (χ2v) is 12.8. The molecule has 4 aromatic carbocycles. The first-order valence-corrected chi connectivity index (χ1v) is 16.7. The number of carbonyl (C=O) groups is 4. The maximum Gasteiger partial charge on any atom is 0.233 e. The lowest BCUT2D eigenvalue weighted by Crippen LogP contribution is -2.33. The highest BCUT2D eigenvalue weighted by Gasteiger charge is 2.39. The topological polar surface area (TPSA) is 205 Å². The number of amides is 4. The molecule has 0 spiro atoms. The summed E-state index contributed by atoms with van der Waals surface area (Å²) in [6.45, 7) is 0.532. The SMILES string of the molecule is COc1cc(CCN2C(=O)CC(Cc3ccc(O)cc3O)C2=O)ccc1O.O=C1CC(Cc2ccc(O)cc2O)C(=O)N1CCc1ccc(O)cc1. The second kappa shape index (κ2) is 16.2. The van der Waals surface area contributed by atoms with E-state index < -0.39 is 11.8 Å². The number of ether oxygens (including phenoxy) is 1. The summed E-state index contributed by atoms with van der Waals surface area (Å²) in [7, 11) is 1.45. The van der Waals surface area contributed by atoms with Crippen LogP contribution in [0.1, 0.15) is 35.1 Å². The number of carbonyl (C=O) groups excluding carboxylic acids is 4. The molecular formula is C39H40N2O11. The van der Waals surface area contributed by atoms with E-state index >= 15 is 0 Å². The lowest BCUT2D eigenvalue weighted by atomic mass is 9.97. The Morgan fingerprint density at radius 3 is 1.46 bits per heavy atom. The van der Waals surface area contributed by atoms with Crippen molar-refractivity contribution in [3.05, 3.63) is 101 Å². The molecule has 2 atom stereocenters. The van der Waals surface area contributed by atoms with E-state index in [4.69, 9.17) is 4.74 Å². The minimum absolute atomic E-state index is 0.0309. The molecule has 0 radical (unpaired) electrons. The molecule has 0 bridgehead atoms. The molecule has 6 N–H and O–H groups in total. The average molecular weight is 713 g/mol. The van der Waals surface area contributed by atoms with E-state index in [9.17, 15) is 49.8 Å². The maximum absolute atomic E-state index is 12.6. The minimum atomic E-state index is -0.526. The fourth-order valence-corrected chi connectivity index (χ4v) is 6.29. The number of methoxy groups -OCH3 is 1. The fraction of sp³-hybridized carbons (Fsp3) is 0.282. The van der Waals surface area contributed by atoms with Gasteiger partial charge in [0, 0.05) is 38.1 Å². The molecular weight excluding hydrogens is 672 g/mol. The number of likely N-dealkylation sites (tertiary alicyclic amines) is 2. The van der Waals surface area contributed by atoms with Crippen molar-refractivity contribution in [1.82, 2.24) is 9.80 Å². The predicted molar refractivity (Wildman–Crippen MR) is 187 cm³/mol. The number of rotatable bonds is 11. The molecule has 2 unspecified atom stereocenters. The van der Waals surface area contributed by atoms with E-state index in [0.29, 0.717) is 36.3 Å². The number of aromatic hydroxyl groups is 6. The van der Waals surface area contributed by atoms with Gasteiger partial charge in [-0.05, 0) is 84.3 Å². The lowest BCUT2D eigenvalue weighted by molar-refractivity contribution is -0.140. The first kappa shape index (κ1) is 37.0. The number of imide groups is 2. The smallest absolute Gasteiger partial charge is 0.233 e. The minimum Gasteiger partial charge on any atom is -0.508 e. The number of benzene rings is 4. The normalized spacial score (nSPS) is 17.0. The third-order valence-electron chi connectivity index (χ3n) is 9.17. The summed E-state index contributed by atoms with van der Waals surface area (Å²) in [6.07, 6.45) is 1.68. The van der Waals surface area contributed by atoms with Crippen LogP contribution in [0.4, 0.5) is 0 Å². The van der Waals surface area contributed by atoms with Crippen molar-refractivity contribution < 1.29 is 54.6 Å². The number of nitrogens with zero attached hydrogens (tertiary/aromatic N) is 2. The Balaban J connectivity index is 0.000000202. The Labute approximate surface area is 299 Å². The van der Waals surface area contributed by atoms with Crippen molar-refractivity contribution in [2.24, 2.45) is 11.8 Å². The highest BCUT2D eigenvalue weighted by atomic mass is 16.5. The molecule has 52 heavy (non-hydrogen) atoms. The Morgan fingerprint density at radius 1 is 0.558 bits per heavy atom. The fourth-order valence-electron chi connectivity index (χ4n) is 6.29. The van der Waals surface area contributed by atoms with Gasteiger partial charge in [0.2, 0.25) is 23.6 Å². The van der Waals surface area contributed by atoms with Crippen LogP contribution in [0, 0.1) is 11.8 Å². The summed E-state index contributed by atoms with van der Waals surface area (Å²) >= 11 is 0. The van der Waals surface area contributed by atoms with E-state index in [1.54, 1.807) is 48.5 Å². The zero-order chi connectivity index (χ0) is 37.5. The molecule has 4 aromatic rings. The number of hydrogen-bond donors (Lipinski definition) is 6. The Morgan fingerprint density at radius 2 is 1.00 bits per heavy atom. The van der Waals surface area contributed by atoms with Gasteiger partial charge in [-0.3, -0.25) is 29.0 Å². The molecule has 13 nitrogen and oxygen atoms in total. The second-order valence-electron chi connectivity index (χ2n) is 12.8. The molecule has 0 aromatic heterocycles. The van der Waals surface area contributed by atoms with Gasteiger partial charge in [-0.1, -0.05) is 30.3 Å². The summed E-state index contributed by atoms with van der Waals surface area (Å²) in [5.74, 6) is -1.73. The highest BCUT2D eigenvalue weighted by Crippen LogP contribution is 2.32. The molecule has 2 aliphatic rings. The van der Waals surface area contributed by atoms with Crippen molar-refractivity contribution >= 4 is 23.6 Å². The van der Waals surface area contributed by atoms with Gasteiger partial charge in [0.1, 0.15) is 28.7 Å². The van der Waals surface area contributed by atoms with Crippen LogP contribution in [0.3, 0.4) is 0 Å². The predicted octanol–water partition coefficient (Wildman–Crippen LogP) is 3.94. The summed E-state index contributed by atoms with van der Waals surface area (Å²) in [6, 6.07) is 20.0. The zero-order valence-corrected chi connectivity index (χ0v) is 28.4. The van der Waals surface area contributed by atoms with Gasteiger partial charge in [0.05, 0.1) is 18.9 Å².